The van der Waals surface area contributed by atoms with Gasteiger partial charge >= 0.3 is 6.09 Å². The van der Waals surface area contributed by atoms with Crippen LogP contribution >= 0.6 is 11.6 Å². The van der Waals surface area contributed by atoms with Crippen molar-refractivity contribution in [3.8, 4) is 0 Å². The average Bonchev–Trinajstić information content (AvgIpc) is 2.37. The number of hydrogen-bond acceptors (Lipinski definition) is 4. The number of aromatic nitrogens is 1. The number of carbonyl (C=O) groups is 1. The van der Waals surface area contributed by atoms with E-state index < -0.39 is 5.60 Å². The predicted octanol–water partition coefficient (Wildman–Crippen LogP) is 2.79. The molecule has 0 atom stereocenters. The molecule has 1 fully saturated rings. The molecule has 0 aromatic carbocycles. The van der Waals surface area contributed by atoms with E-state index in [4.69, 9.17) is 16.3 Å². The largest absolute Gasteiger partial charge is 0.444 e. The van der Waals surface area contributed by atoms with Crippen LogP contribution in [0.15, 0.2) is 18.5 Å². The molecule has 0 bridgehead atoms. The summed E-state index contributed by atoms with van der Waals surface area (Å²) in [6.45, 7) is 8.32. The Bertz CT molecular complexity index is 480. The molecule has 0 radical (unpaired) electrons. The highest BCUT2D eigenvalue weighted by molar-refractivity contribution is 6.33. The van der Waals surface area contributed by atoms with Gasteiger partial charge in [-0.15, -0.1) is 0 Å². The van der Waals surface area contributed by atoms with Crippen molar-refractivity contribution in [2.75, 3.05) is 31.1 Å². The zero-order valence-corrected chi connectivity index (χ0v) is 12.9. The van der Waals surface area contributed by atoms with E-state index in [2.05, 4.69) is 9.88 Å². The van der Waals surface area contributed by atoms with Gasteiger partial charge in [0.1, 0.15) is 5.60 Å². The zero-order chi connectivity index (χ0) is 14.8. The van der Waals surface area contributed by atoms with Crippen LogP contribution in [-0.4, -0.2) is 47.8 Å². The lowest BCUT2D eigenvalue weighted by molar-refractivity contribution is 0.0240. The smallest absolute Gasteiger partial charge is 0.410 e. The fraction of sp³-hybridized carbons (Fsp3) is 0.571. The molecule has 1 saturated heterocycles. The molecule has 5 nitrogen and oxygen atoms in total. The van der Waals surface area contributed by atoms with Crippen molar-refractivity contribution in [1.82, 2.24) is 9.88 Å². The van der Waals surface area contributed by atoms with E-state index in [1.54, 1.807) is 23.4 Å². The Morgan fingerprint density at radius 1 is 1.30 bits per heavy atom. The minimum atomic E-state index is -0.457. The molecule has 1 aliphatic heterocycles. The van der Waals surface area contributed by atoms with Gasteiger partial charge < -0.3 is 14.5 Å². The predicted molar refractivity (Wildman–Crippen MR) is 79.3 cm³/mol. The highest BCUT2D eigenvalue weighted by Crippen LogP contribution is 2.25. The van der Waals surface area contributed by atoms with Gasteiger partial charge in [0.25, 0.3) is 0 Å². The average molecular weight is 298 g/mol. The third-order valence-corrected chi connectivity index (χ3v) is 3.34. The van der Waals surface area contributed by atoms with Crippen LogP contribution in [0.2, 0.25) is 5.02 Å². The number of hydrogen-bond donors (Lipinski definition) is 0. The van der Waals surface area contributed by atoms with Gasteiger partial charge in [-0.1, -0.05) is 11.6 Å². The molecular weight excluding hydrogens is 278 g/mol. The maximum atomic E-state index is 12.0. The lowest BCUT2D eigenvalue weighted by Gasteiger charge is -2.36. The van der Waals surface area contributed by atoms with Gasteiger partial charge in [-0.2, -0.15) is 0 Å². The van der Waals surface area contributed by atoms with Crippen molar-refractivity contribution < 1.29 is 9.53 Å². The van der Waals surface area contributed by atoms with Gasteiger partial charge in [-0.25, -0.2) is 4.79 Å². The number of rotatable bonds is 1. The van der Waals surface area contributed by atoms with E-state index in [9.17, 15) is 4.79 Å². The molecule has 1 aromatic heterocycles. The van der Waals surface area contributed by atoms with Gasteiger partial charge in [-0.3, -0.25) is 4.98 Å². The summed E-state index contributed by atoms with van der Waals surface area (Å²) in [5, 5.41) is 0.686. The van der Waals surface area contributed by atoms with Crippen molar-refractivity contribution in [3.63, 3.8) is 0 Å². The molecule has 2 heterocycles. The molecule has 6 heteroatoms. The van der Waals surface area contributed by atoms with Crippen LogP contribution in [0, 0.1) is 0 Å². The lowest BCUT2D eigenvalue weighted by atomic mass is 10.2. The molecule has 0 N–H and O–H groups in total. The summed E-state index contributed by atoms with van der Waals surface area (Å²) in [7, 11) is 0. The molecule has 0 saturated carbocycles. The number of ether oxygens (including phenoxy) is 1. The normalized spacial score (nSPS) is 16.2. The number of pyridine rings is 1. The fourth-order valence-corrected chi connectivity index (χ4v) is 2.28. The Morgan fingerprint density at radius 2 is 1.95 bits per heavy atom. The van der Waals surface area contributed by atoms with Crippen molar-refractivity contribution in [3.05, 3.63) is 23.5 Å². The minimum Gasteiger partial charge on any atom is -0.444 e. The van der Waals surface area contributed by atoms with E-state index in [1.807, 2.05) is 20.8 Å². The Hall–Kier alpha value is -1.49. The summed E-state index contributed by atoms with van der Waals surface area (Å²) in [4.78, 5) is 19.9. The first-order valence-corrected chi connectivity index (χ1v) is 7.07. The van der Waals surface area contributed by atoms with Gasteiger partial charge in [0, 0.05) is 32.4 Å². The molecular formula is C14H20ClN3O2. The Labute approximate surface area is 124 Å². The fourth-order valence-electron chi connectivity index (χ4n) is 2.06. The molecule has 0 unspecified atom stereocenters. The highest BCUT2D eigenvalue weighted by Gasteiger charge is 2.26. The third kappa shape index (κ3) is 3.76. The first-order chi connectivity index (χ1) is 9.37. The number of nitrogens with zero attached hydrogens (tertiary/aromatic N) is 3. The summed E-state index contributed by atoms with van der Waals surface area (Å²) < 4.78 is 5.37. The van der Waals surface area contributed by atoms with E-state index in [0.717, 1.165) is 18.8 Å². The number of anilines is 1. The minimum absolute atomic E-state index is 0.255. The number of carbonyl (C=O) groups excluding carboxylic acids is 1. The Kier molecular flexibility index (Phi) is 4.38. The molecule has 20 heavy (non-hydrogen) atoms. The first-order valence-electron chi connectivity index (χ1n) is 6.69. The maximum absolute atomic E-state index is 12.0. The maximum Gasteiger partial charge on any atom is 0.410 e. The third-order valence-electron chi connectivity index (χ3n) is 3.02. The quantitative estimate of drug-likeness (QED) is 0.799. The number of piperazine rings is 1. The van der Waals surface area contributed by atoms with Crippen LogP contribution in [0.25, 0.3) is 0 Å². The first kappa shape index (κ1) is 14.9. The Morgan fingerprint density at radius 3 is 2.50 bits per heavy atom. The van der Waals surface area contributed by atoms with Crippen LogP contribution in [0.4, 0.5) is 10.5 Å². The summed E-state index contributed by atoms with van der Waals surface area (Å²) in [6.07, 6.45) is 3.17. The van der Waals surface area contributed by atoms with Gasteiger partial charge in [-0.05, 0) is 26.8 Å². The topological polar surface area (TPSA) is 45.7 Å². The van der Waals surface area contributed by atoms with E-state index in [0.29, 0.717) is 18.1 Å². The van der Waals surface area contributed by atoms with Crippen LogP contribution in [0.3, 0.4) is 0 Å². The molecule has 1 amide bonds. The molecule has 110 valence electrons. The molecule has 0 aliphatic carbocycles. The number of halogens is 1. The second-order valence-corrected chi connectivity index (χ2v) is 6.19. The molecule has 2 rings (SSSR count). The monoisotopic (exact) mass is 297 g/mol. The van der Waals surface area contributed by atoms with Gasteiger partial charge in [0.15, 0.2) is 0 Å². The second kappa shape index (κ2) is 5.87. The van der Waals surface area contributed by atoms with Crippen molar-refractivity contribution >= 4 is 23.4 Å². The van der Waals surface area contributed by atoms with Crippen molar-refractivity contribution in [1.29, 1.82) is 0 Å². The van der Waals surface area contributed by atoms with E-state index in [-0.39, 0.29) is 6.09 Å². The standard InChI is InChI=1S/C14H20ClN3O2/c1-14(2,3)20-13(19)18-8-6-17(7-9-18)12-10-16-5-4-11(12)15/h4-5,10H,6-9H2,1-3H3. The summed E-state index contributed by atoms with van der Waals surface area (Å²) >= 11 is 6.16. The summed E-state index contributed by atoms with van der Waals surface area (Å²) in [5.74, 6) is 0. The molecule has 1 aliphatic rings. The summed E-state index contributed by atoms with van der Waals surface area (Å²) in [6, 6.07) is 1.77. The Balaban J connectivity index is 1.93. The van der Waals surface area contributed by atoms with Crippen LogP contribution in [0.1, 0.15) is 20.8 Å². The van der Waals surface area contributed by atoms with E-state index in [1.165, 1.54) is 0 Å². The highest BCUT2D eigenvalue weighted by atomic mass is 35.5. The number of amides is 1. The molecule has 0 spiro atoms. The van der Waals surface area contributed by atoms with Crippen LogP contribution in [0.5, 0.6) is 0 Å². The molecule has 1 aromatic rings. The van der Waals surface area contributed by atoms with Crippen LogP contribution < -0.4 is 4.90 Å². The van der Waals surface area contributed by atoms with E-state index >= 15 is 0 Å². The second-order valence-electron chi connectivity index (χ2n) is 5.78. The van der Waals surface area contributed by atoms with Gasteiger partial charge in [0.05, 0.1) is 16.9 Å². The lowest BCUT2D eigenvalue weighted by Crippen LogP contribution is -2.50. The SMILES string of the molecule is CC(C)(C)OC(=O)N1CCN(c2cnccc2Cl)CC1. The van der Waals surface area contributed by atoms with Crippen molar-refractivity contribution in [2.45, 2.75) is 26.4 Å². The van der Waals surface area contributed by atoms with Gasteiger partial charge in [0.2, 0.25) is 0 Å². The summed E-state index contributed by atoms with van der Waals surface area (Å²) in [5.41, 5.74) is 0.457. The van der Waals surface area contributed by atoms with Crippen molar-refractivity contribution in [2.24, 2.45) is 0 Å². The zero-order valence-electron chi connectivity index (χ0n) is 12.1. The van der Waals surface area contributed by atoms with Crippen LogP contribution in [-0.2, 0) is 4.74 Å².